The topological polar surface area (TPSA) is 115 Å². The van der Waals surface area contributed by atoms with Gasteiger partial charge in [-0.25, -0.2) is 22.8 Å². The van der Waals surface area contributed by atoms with E-state index < -0.39 is 15.7 Å². The van der Waals surface area contributed by atoms with Gasteiger partial charge in [0.1, 0.15) is 12.4 Å². The van der Waals surface area contributed by atoms with E-state index in [4.69, 9.17) is 4.74 Å². The highest BCUT2D eigenvalue weighted by molar-refractivity contribution is 7.89. The molecule has 0 amide bonds. The number of halogens is 1. The van der Waals surface area contributed by atoms with Crippen LogP contribution in [0.2, 0.25) is 0 Å². The number of sulfone groups is 1. The number of anilines is 1. The summed E-state index contributed by atoms with van der Waals surface area (Å²) in [5, 5.41) is 10.3. The molecular weight excluding hydrogens is 543 g/mol. The minimum atomic E-state index is -3.23. The number of aryl methyl sites for hydroxylation is 1. The summed E-state index contributed by atoms with van der Waals surface area (Å²) >= 11 is 0. The van der Waals surface area contributed by atoms with Gasteiger partial charge >= 0.3 is 0 Å². The fourth-order valence-electron chi connectivity index (χ4n) is 5.09. The first-order valence-corrected chi connectivity index (χ1v) is 15.7. The van der Waals surface area contributed by atoms with Crippen molar-refractivity contribution in [1.29, 1.82) is 5.26 Å². The zero-order valence-electron chi connectivity index (χ0n) is 23.0. The maximum atomic E-state index is 14.4. The lowest BCUT2D eigenvalue weighted by Gasteiger charge is -2.34. The third-order valence-corrected chi connectivity index (χ3v) is 8.14. The molecule has 11 heteroatoms. The zero-order chi connectivity index (χ0) is 28.8. The molecular formula is C30H33FN6O3S. The van der Waals surface area contributed by atoms with Gasteiger partial charge in [-0.1, -0.05) is 12.1 Å². The molecule has 3 heterocycles. The first kappa shape index (κ1) is 28.5. The van der Waals surface area contributed by atoms with Gasteiger partial charge in [0, 0.05) is 55.1 Å². The van der Waals surface area contributed by atoms with Crippen LogP contribution in [0.3, 0.4) is 0 Å². The molecule has 4 aromatic rings. The van der Waals surface area contributed by atoms with Crippen LogP contribution in [0, 0.1) is 17.1 Å². The Morgan fingerprint density at radius 2 is 1.83 bits per heavy atom. The maximum absolute atomic E-state index is 14.4. The van der Waals surface area contributed by atoms with Crippen LogP contribution in [-0.4, -0.2) is 67.2 Å². The van der Waals surface area contributed by atoms with E-state index in [9.17, 15) is 18.1 Å². The van der Waals surface area contributed by atoms with Crippen molar-refractivity contribution in [2.24, 2.45) is 0 Å². The second-order valence-corrected chi connectivity index (χ2v) is 12.6. The molecule has 1 N–H and O–H groups in total. The summed E-state index contributed by atoms with van der Waals surface area (Å²) in [7, 11) is -3.23. The minimum Gasteiger partial charge on any atom is -0.486 e. The lowest BCUT2D eigenvalue weighted by atomic mass is 10.1. The van der Waals surface area contributed by atoms with Gasteiger partial charge in [-0.2, -0.15) is 5.26 Å². The van der Waals surface area contributed by atoms with Gasteiger partial charge in [-0.15, -0.1) is 0 Å². The quantitative estimate of drug-likeness (QED) is 0.264. The van der Waals surface area contributed by atoms with Gasteiger partial charge in [0.25, 0.3) is 0 Å². The van der Waals surface area contributed by atoms with E-state index in [2.05, 4.69) is 37.0 Å². The Labute approximate surface area is 239 Å². The number of rotatable bonds is 11. The lowest BCUT2D eigenvalue weighted by Crippen LogP contribution is -2.47. The molecule has 0 bridgehead atoms. The normalized spacial score (nSPS) is 14.3. The number of hydrogen-bond acceptors (Lipinski definition) is 8. The molecule has 1 aliphatic heterocycles. The van der Waals surface area contributed by atoms with Crippen LogP contribution in [0.25, 0.3) is 10.9 Å². The molecule has 0 radical (unpaired) electrons. The van der Waals surface area contributed by atoms with Crippen molar-refractivity contribution in [1.82, 2.24) is 19.9 Å². The minimum absolute atomic E-state index is 0.00637. The number of unbranched alkanes of at least 4 members (excludes halogenated alkanes) is 1. The molecule has 1 aliphatic rings. The number of nitrogens with zero attached hydrogens (tertiary/aromatic N) is 5. The van der Waals surface area contributed by atoms with Crippen molar-refractivity contribution in [3.63, 3.8) is 0 Å². The Kier molecular flexibility index (Phi) is 8.81. The molecule has 1 fully saturated rings. The van der Waals surface area contributed by atoms with Crippen LogP contribution in [0.4, 0.5) is 10.3 Å². The molecule has 41 heavy (non-hydrogen) atoms. The molecule has 214 valence electrons. The van der Waals surface area contributed by atoms with E-state index in [0.717, 1.165) is 69.1 Å². The van der Waals surface area contributed by atoms with E-state index in [-0.39, 0.29) is 12.4 Å². The van der Waals surface area contributed by atoms with Crippen LogP contribution in [0.5, 0.6) is 5.75 Å². The summed E-state index contributed by atoms with van der Waals surface area (Å²) in [5.74, 6) is 0.371. The number of nitriles is 1. The fourth-order valence-corrected chi connectivity index (χ4v) is 5.87. The fraction of sp³-hybridized carbons (Fsp3) is 0.367. The van der Waals surface area contributed by atoms with Crippen LogP contribution in [0.1, 0.15) is 35.1 Å². The van der Waals surface area contributed by atoms with Gasteiger partial charge in [-0.3, -0.25) is 4.90 Å². The van der Waals surface area contributed by atoms with Crippen LogP contribution >= 0.6 is 0 Å². The third kappa shape index (κ3) is 7.60. The number of H-pyrrole nitrogens is 1. The van der Waals surface area contributed by atoms with Crippen LogP contribution < -0.4 is 9.64 Å². The number of benzene rings is 2. The highest BCUT2D eigenvalue weighted by atomic mass is 32.2. The predicted octanol–water partition coefficient (Wildman–Crippen LogP) is 4.24. The number of ether oxygens (including phenoxy) is 1. The van der Waals surface area contributed by atoms with Crippen molar-refractivity contribution in [2.45, 2.75) is 31.6 Å². The highest BCUT2D eigenvalue weighted by Crippen LogP contribution is 2.22. The highest BCUT2D eigenvalue weighted by Gasteiger charge is 2.19. The SMILES string of the molecule is CS(=O)(=O)Cc1ccc(COc2cnc(N3CCN(CCCCc4c[nH]c5ccc(C#N)cc45)CC3)nc2)c(F)c1. The van der Waals surface area contributed by atoms with Crippen molar-refractivity contribution >= 4 is 26.7 Å². The Morgan fingerprint density at radius 1 is 1.05 bits per heavy atom. The Bertz CT molecular complexity index is 1640. The van der Waals surface area contributed by atoms with E-state index >= 15 is 0 Å². The number of fused-ring (bicyclic) bond motifs is 1. The predicted molar refractivity (Wildman–Crippen MR) is 156 cm³/mol. The molecule has 0 spiro atoms. The maximum Gasteiger partial charge on any atom is 0.225 e. The van der Waals surface area contributed by atoms with Gasteiger partial charge in [0.2, 0.25) is 5.95 Å². The number of aromatic amines is 1. The smallest absolute Gasteiger partial charge is 0.225 e. The summed E-state index contributed by atoms with van der Waals surface area (Å²) in [6.45, 7) is 4.59. The number of nitrogens with one attached hydrogen (secondary N) is 1. The second-order valence-electron chi connectivity index (χ2n) is 10.5. The molecule has 9 nitrogen and oxygen atoms in total. The van der Waals surface area contributed by atoms with E-state index in [1.165, 1.54) is 17.7 Å². The van der Waals surface area contributed by atoms with Crippen LogP contribution in [-0.2, 0) is 28.6 Å². The average molecular weight is 577 g/mol. The molecule has 0 atom stereocenters. The number of piperazine rings is 1. The molecule has 1 saturated heterocycles. The standard InChI is InChI=1S/C30H33FN6O3S/c1-41(38,39)21-23-5-7-25(28(31)15-23)20-40-26-18-34-30(35-19-26)37-12-10-36(11-13-37)9-3-2-4-24-17-33-29-8-6-22(16-32)14-27(24)29/h5-8,14-15,17-19,33H,2-4,9-13,20-21H2,1H3. The first-order chi connectivity index (χ1) is 19.8. The van der Waals surface area contributed by atoms with E-state index in [0.29, 0.717) is 28.4 Å². The molecule has 2 aromatic carbocycles. The molecule has 0 unspecified atom stereocenters. The van der Waals surface area contributed by atoms with Gasteiger partial charge in [0.15, 0.2) is 15.6 Å². The van der Waals surface area contributed by atoms with E-state index in [1.54, 1.807) is 18.5 Å². The molecule has 0 saturated carbocycles. The van der Waals surface area contributed by atoms with Crippen LogP contribution in [0.15, 0.2) is 55.0 Å². The van der Waals surface area contributed by atoms with Crippen molar-refractivity contribution < 1.29 is 17.5 Å². The molecule has 5 rings (SSSR count). The molecule has 2 aromatic heterocycles. The van der Waals surface area contributed by atoms with Gasteiger partial charge in [0.05, 0.1) is 29.8 Å². The second kappa shape index (κ2) is 12.7. The first-order valence-electron chi connectivity index (χ1n) is 13.6. The lowest BCUT2D eigenvalue weighted by molar-refractivity contribution is 0.251. The summed E-state index contributed by atoms with van der Waals surface area (Å²) in [4.78, 5) is 16.8. The Hall–Kier alpha value is -4.01. The van der Waals surface area contributed by atoms with Gasteiger partial charge < -0.3 is 14.6 Å². The van der Waals surface area contributed by atoms with Gasteiger partial charge in [-0.05, 0) is 61.2 Å². The Morgan fingerprint density at radius 3 is 2.54 bits per heavy atom. The number of hydrogen-bond donors (Lipinski definition) is 1. The van der Waals surface area contributed by atoms with Crippen molar-refractivity contribution in [3.05, 3.63) is 83.1 Å². The summed E-state index contributed by atoms with van der Waals surface area (Å²) in [6, 6.07) is 12.4. The summed E-state index contributed by atoms with van der Waals surface area (Å²) in [6.07, 6.45) is 9.54. The number of aromatic nitrogens is 3. The zero-order valence-corrected chi connectivity index (χ0v) is 23.8. The monoisotopic (exact) mass is 576 g/mol. The largest absolute Gasteiger partial charge is 0.486 e. The average Bonchev–Trinajstić information content (AvgIpc) is 3.37. The Balaban J connectivity index is 1.04. The van der Waals surface area contributed by atoms with E-state index in [1.807, 2.05) is 18.2 Å². The molecule has 0 aliphatic carbocycles. The van der Waals surface area contributed by atoms with Crippen molar-refractivity contribution in [2.75, 3.05) is 43.9 Å². The van der Waals surface area contributed by atoms with Crippen molar-refractivity contribution in [3.8, 4) is 11.8 Å². The summed E-state index contributed by atoms with van der Waals surface area (Å²) < 4.78 is 42.9. The third-order valence-electron chi connectivity index (χ3n) is 7.28. The summed E-state index contributed by atoms with van der Waals surface area (Å²) in [5.41, 5.74) is 3.76.